The van der Waals surface area contributed by atoms with Gasteiger partial charge < -0.3 is 0 Å². The largest absolute Gasteiger partial charge is 0.287 e. The van der Waals surface area contributed by atoms with Crippen LogP contribution in [0.1, 0.15) is 20.1 Å². The highest BCUT2D eigenvalue weighted by Gasteiger charge is 2.19. The molecule has 2 aromatic rings. The number of hydrogen-bond acceptors (Lipinski definition) is 2. The molecule has 16 heavy (non-hydrogen) atoms. The molecule has 2 rings (SSSR count). The lowest BCUT2D eigenvalue weighted by Gasteiger charge is -2.01. The Morgan fingerprint density at radius 3 is 2.25 bits per heavy atom. The Morgan fingerprint density at radius 2 is 1.75 bits per heavy atom. The Labute approximate surface area is 95.4 Å². The lowest BCUT2D eigenvalue weighted by Crippen LogP contribution is -2.05. The summed E-state index contributed by atoms with van der Waals surface area (Å²) in [4.78, 5) is 13.1. The summed E-state index contributed by atoms with van der Waals surface area (Å²) in [7, 11) is 0. The fourth-order valence-electron chi connectivity index (χ4n) is 1.39. The van der Waals surface area contributed by atoms with E-state index in [4.69, 9.17) is 0 Å². The standard InChI is InChI=1S/C12H8F2OS/c1-7-5-6-10(16-7)12(15)11-8(13)3-2-4-9(11)14/h2-6H,1H3. The fourth-order valence-corrected chi connectivity index (χ4v) is 2.21. The molecule has 1 heterocycles. The topological polar surface area (TPSA) is 17.1 Å². The molecule has 0 aliphatic heterocycles. The van der Waals surface area contributed by atoms with E-state index in [9.17, 15) is 13.6 Å². The summed E-state index contributed by atoms with van der Waals surface area (Å²) in [6.07, 6.45) is 0. The SMILES string of the molecule is Cc1ccc(C(=O)c2c(F)cccc2F)s1. The van der Waals surface area contributed by atoms with Gasteiger partial charge >= 0.3 is 0 Å². The van der Waals surface area contributed by atoms with E-state index in [2.05, 4.69) is 0 Å². The van der Waals surface area contributed by atoms with Gasteiger partial charge in [-0.15, -0.1) is 11.3 Å². The van der Waals surface area contributed by atoms with Crippen LogP contribution in [0.4, 0.5) is 8.78 Å². The smallest absolute Gasteiger partial charge is 0.208 e. The Bertz CT molecular complexity index is 525. The number of halogens is 2. The van der Waals surface area contributed by atoms with Crippen molar-refractivity contribution in [3.63, 3.8) is 0 Å². The van der Waals surface area contributed by atoms with Gasteiger partial charge in [0, 0.05) is 4.88 Å². The minimum absolute atomic E-state index is 0.349. The average Bonchev–Trinajstić information content (AvgIpc) is 2.64. The zero-order valence-electron chi connectivity index (χ0n) is 8.46. The first-order valence-corrected chi connectivity index (χ1v) is 5.46. The lowest BCUT2D eigenvalue weighted by molar-refractivity contribution is 0.103. The van der Waals surface area contributed by atoms with Crippen molar-refractivity contribution in [1.29, 1.82) is 0 Å². The molecule has 1 nitrogen and oxygen atoms in total. The van der Waals surface area contributed by atoms with Crippen LogP contribution in [-0.2, 0) is 0 Å². The molecule has 1 aromatic heterocycles. The number of aryl methyl sites for hydroxylation is 1. The minimum atomic E-state index is -0.823. The number of hydrogen-bond donors (Lipinski definition) is 0. The highest BCUT2D eigenvalue weighted by molar-refractivity contribution is 7.14. The van der Waals surface area contributed by atoms with E-state index in [0.29, 0.717) is 4.88 Å². The van der Waals surface area contributed by atoms with Crippen LogP contribution in [0.2, 0.25) is 0 Å². The molecule has 0 N–H and O–H groups in total. The predicted molar refractivity (Wildman–Crippen MR) is 58.8 cm³/mol. The molecule has 82 valence electrons. The molecule has 0 aliphatic carbocycles. The van der Waals surface area contributed by atoms with Crippen molar-refractivity contribution in [2.75, 3.05) is 0 Å². The van der Waals surface area contributed by atoms with Crippen molar-refractivity contribution in [1.82, 2.24) is 0 Å². The first-order chi connectivity index (χ1) is 7.59. The molecular formula is C12H8F2OS. The van der Waals surface area contributed by atoms with E-state index in [-0.39, 0.29) is 0 Å². The molecule has 0 amide bonds. The van der Waals surface area contributed by atoms with Gasteiger partial charge in [0.25, 0.3) is 0 Å². The summed E-state index contributed by atoms with van der Waals surface area (Å²) in [6.45, 7) is 1.83. The third kappa shape index (κ3) is 1.88. The molecule has 0 spiro atoms. The highest BCUT2D eigenvalue weighted by Crippen LogP contribution is 2.22. The quantitative estimate of drug-likeness (QED) is 0.731. The Morgan fingerprint density at radius 1 is 1.12 bits per heavy atom. The van der Waals surface area contributed by atoms with E-state index in [1.807, 2.05) is 6.92 Å². The number of ketones is 1. The summed E-state index contributed by atoms with van der Waals surface area (Å²) in [5.74, 6) is -2.25. The van der Waals surface area contributed by atoms with Crippen LogP contribution < -0.4 is 0 Å². The molecule has 0 radical (unpaired) electrons. The summed E-state index contributed by atoms with van der Waals surface area (Å²) < 4.78 is 26.7. The molecule has 0 saturated heterocycles. The Hall–Kier alpha value is -1.55. The van der Waals surface area contributed by atoms with E-state index in [1.165, 1.54) is 17.4 Å². The van der Waals surface area contributed by atoms with Crippen molar-refractivity contribution in [3.05, 3.63) is 57.3 Å². The normalized spacial score (nSPS) is 10.4. The summed E-state index contributed by atoms with van der Waals surface area (Å²) in [6, 6.07) is 6.72. The highest BCUT2D eigenvalue weighted by atomic mass is 32.1. The van der Waals surface area contributed by atoms with E-state index in [1.54, 1.807) is 12.1 Å². The lowest BCUT2D eigenvalue weighted by atomic mass is 10.1. The molecule has 4 heteroatoms. The number of carbonyl (C=O) groups excluding carboxylic acids is 1. The second-order valence-electron chi connectivity index (χ2n) is 3.34. The first kappa shape index (κ1) is 11.0. The van der Waals surface area contributed by atoms with Gasteiger partial charge in [0.05, 0.1) is 10.4 Å². The van der Waals surface area contributed by atoms with Crippen molar-refractivity contribution >= 4 is 17.1 Å². The maximum Gasteiger partial charge on any atom is 0.208 e. The Balaban J connectivity index is 2.49. The average molecular weight is 238 g/mol. The van der Waals surface area contributed by atoms with Crippen LogP contribution in [0, 0.1) is 18.6 Å². The molecule has 0 unspecified atom stereocenters. The van der Waals surface area contributed by atoms with Crippen LogP contribution in [0.3, 0.4) is 0 Å². The summed E-state index contributed by atoms with van der Waals surface area (Å²) >= 11 is 1.23. The summed E-state index contributed by atoms with van der Waals surface area (Å²) in [5.41, 5.74) is -0.482. The van der Waals surface area contributed by atoms with Crippen molar-refractivity contribution in [2.45, 2.75) is 6.92 Å². The maximum atomic E-state index is 13.3. The molecule has 0 saturated carbocycles. The van der Waals surface area contributed by atoms with Gasteiger partial charge in [0.15, 0.2) is 0 Å². The zero-order chi connectivity index (χ0) is 11.7. The van der Waals surface area contributed by atoms with Crippen LogP contribution >= 0.6 is 11.3 Å². The number of benzene rings is 1. The van der Waals surface area contributed by atoms with Gasteiger partial charge in [0.1, 0.15) is 11.6 Å². The molecule has 0 aliphatic rings. The van der Waals surface area contributed by atoms with Gasteiger partial charge in [-0.05, 0) is 31.2 Å². The predicted octanol–water partition coefficient (Wildman–Crippen LogP) is 3.57. The van der Waals surface area contributed by atoms with Crippen LogP contribution in [-0.4, -0.2) is 5.78 Å². The first-order valence-electron chi connectivity index (χ1n) is 4.65. The minimum Gasteiger partial charge on any atom is -0.287 e. The molecule has 0 fully saturated rings. The second kappa shape index (κ2) is 4.14. The van der Waals surface area contributed by atoms with Crippen LogP contribution in [0.5, 0.6) is 0 Å². The number of thiophene rings is 1. The van der Waals surface area contributed by atoms with Crippen LogP contribution in [0.25, 0.3) is 0 Å². The summed E-state index contributed by atoms with van der Waals surface area (Å²) in [5, 5.41) is 0. The molecule has 1 aromatic carbocycles. The molecule has 0 atom stereocenters. The van der Waals surface area contributed by atoms with E-state index in [0.717, 1.165) is 17.0 Å². The number of rotatable bonds is 2. The third-order valence-corrected chi connectivity index (χ3v) is 3.15. The van der Waals surface area contributed by atoms with Gasteiger partial charge in [-0.1, -0.05) is 6.07 Å². The van der Waals surface area contributed by atoms with Crippen molar-refractivity contribution in [3.8, 4) is 0 Å². The third-order valence-electron chi connectivity index (χ3n) is 2.15. The molecule has 0 bridgehead atoms. The number of carbonyl (C=O) groups is 1. The maximum absolute atomic E-state index is 13.3. The second-order valence-corrected chi connectivity index (χ2v) is 4.62. The van der Waals surface area contributed by atoms with Crippen LogP contribution in [0.15, 0.2) is 30.3 Å². The van der Waals surface area contributed by atoms with Crippen molar-refractivity contribution in [2.24, 2.45) is 0 Å². The van der Waals surface area contributed by atoms with Crippen molar-refractivity contribution < 1.29 is 13.6 Å². The van der Waals surface area contributed by atoms with E-state index >= 15 is 0 Å². The van der Waals surface area contributed by atoms with E-state index < -0.39 is 23.0 Å². The van der Waals surface area contributed by atoms with Gasteiger partial charge in [-0.3, -0.25) is 4.79 Å². The van der Waals surface area contributed by atoms with Gasteiger partial charge in [0.2, 0.25) is 5.78 Å². The fraction of sp³-hybridized carbons (Fsp3) is 0.0833. The zero-order valence-corrected chi connectivity index (χ0v) is 9.28. The molecular weight excluding hydrogens is 230 g/mol. The van der Waals surface area contributed by atoms with Gasteiger partial charge in [-0.2, -0.15) is 0 Å². The monoisotopic (exact) mass is 238 g/mol. The van der Waals surface area contributed by atoms with Gasteiger partial charge in [-0.25, -0.2) is 8.78 Å². The Kier molecular flexibility index (Phi) is 2.83.